The fraction of sp³-hybridized carbons (Fsp3) is 0.429. The Bertz CT molecular complexity index is 582. The van der Waals surface area contributed by atoms with Gasteiger partial charge < -0.3 is 15.4 Å². The van der Waals surface area contributed by atoms with Crippen LogP contribution in [0.25, 0.3) is 0 Å². The first-order valence-corrected chi connectivity index (χ1v) is 6.64. The average molecular weight is 293 g/mol. The summed E-state index contributed by atoms with van der Waals surface area (Å²) in [6.07, 6.45) is 2.79. The van der Waals surface area contributed by atoms with Gasteiger partial charge in [0.2, 0.25) is 0 Å². The molecule has 0 saturated carbocycles. The third-order valence-corrected chi connectivity index (χ3v) is 3.19. The lowest BCUT2D eigenvalue weighted by Gasteiger charge is -2.17. The molecule has 114 valence electrons. The van der Waals surface area contributed by atoms with Crippen LogP contribution in [0.2, 0.25) is 0 Å². The van der Waals surface area contributed by atoms with Crippen molar-refractivity contribution < 1.29 is 9.13 Å². The molecule has 0 aliphatic carbocycles. The van der Waals surface area contributed by atoms with Crippen molar-refractivity contribution in [1.82, 2.24) is 19.7 Å². The molecular weight excluding hydrogens is 273 g/mol. The van der Waals surface area contributed by atoms with Crippen LogP contribution in [0.1, 0.15) is 17.4 Å². The third-order valence-electron chi connectivity index (χ3n) is 3.19. The Hall–Kier alpha value is -1.99. The highest BCUT2D eigenvalue weighted by Gasteiger charge is 2.21. The van der Waals surface area contributed by atoms with Crippen LogP contribution >= 0.6 is 0 Å². The van der Waals surface area contributed by atoms with Crippen molar-refractivity contribution in [2.75, 3.05) is 27.7 Å². The molecule has 0 aliphatic heterocycles. The number of ether oxygens (including phenoxy) is 1. The number of pyridine rings is 1. The van der Waals surface area contributed by atoms with Crippen molar-refractivity contribution >= 4 is 0 Å². The molecule has 2 rings (SSSR count). The third kappa shape index (κ3) is 3.56. The minimum atomic E-state index is -0.523. The van der Waals surface area contributed by atoms with E-state index in [0.717, 1.165) is 18.4 Å². The Morgan fingerprint density at radius 2 is 2.14 bits per heavy atom. The zero-order valence-corrected chi connectivity index (χ0v) is 12.5. The molecule has 6 nitrogen and oxygen atoms in total. The molecule has 2 aromatic rings. The summed E-state index contributed by atoms with van der Waals surface area (Å²) >= 11 is 0. The molecule has 7 heteroatoms. The van der Waals surface area contributed by atoms with Gasteiger partial charge in [-0.1, -0.05) is 0 Å². The Morgan fingerprint density at radius 3 is 2.71 bits per heavy atom. The second-order valence-corrected chi connectivity index (χ2v) is 5.00. The molecule has 2 heterocycles. The summed E-state index contributed by atoms with van der Waals surface area (Å²) in [6.45, 7) is 1.50. The van der Waals surface area contributed by atoms with Crippen molar-refractivity contribution in [2.24, 2.45) is 5.73 Å². The van der Waals surface area contributed by atoms with Crippen molar-refractivity contribution in [3.63, 3.8) is 0 Å². The number of methoxy groups -OCH3 is 1. The first-order chi connectivity index (χ1) is 10.0. The fourth-order valence-corrected chi connectivity index (χ4v) is 2.03. The highest BCUT2D eigenvalue weighted by atomic mass is 19.1. The van der Waals surface area contributed by atoms with Crippen LogP contribution in [0, 0.1) is 5.82 Å². The molecule has 1 unspecified atom stereocenters. The lowest BCUT2D eigenvalue weighted by Crippen LogP contribution is -2.24. The number of nitrogens with zero attached hydrogens (tertiary/aromatic N) is 4. The monoisotopic (exact) mass is 293 g/mol. The highest BCUT2D eigenvalue weighted by Crippen LogP contribution is 2.27. The summed E-state index contributed by atoms with van der Waals surface area (Å²) < 4.78 is 20.1. The smallest absolute Gasteiger partial charge is 0.161 e. The minimum Gasteiger partial charge on any atom is -0.493 e. The summed E-state index contributed by atoms with van der Waals surface area (Å²) in [7, 11) is 5.55. The number of nitrogens with two attached hydrogens (primary N) is 1. The number of hydrogen-bond donors (Lipinski definition) is 1. The molecule has 21 heavy (non-hydrogen) atoms. The number of aromatic nitrogens is 3. The quantitative estimate of drug-likeness (QED) is 0.861. The van der Waals surface area contributed by atoms with E-state index in [1.807, 2.05) is 14.1 Å². The van der Waals surface area contributed by atoms with E-state index < -0.39 is 6.04 Å². The van der Waals surface area contributed by atoms with Gasteiger partial charge in [-0.2, -0.15) is 5.10 Å². The van der Waals surface area contributed by atoms with Crippen LogP contribution < -0.4 is 10.5 Å². The van der Waals surface area contributed by atoms with E-state index in [1.54, 1.807) is 24.1 Å². The van der Waals surface area contributed by atoms with Gasteiger partial charge in [0, 0.05) is 6.54 Å². The maximum atomic E-state index is 13.0. The Balaban J connectivity index is 2.31. The minimum absolute atomic E-state index is 0.390. The molecule has 0 aromatic carbocycles. The van der Waals surface area contributed by atoms with Gasteiger partial charge in [0.25, 0.3) is 0 Å². The van der Waals surface area contributed by atoms with Crippen LogP contribution in [-0.4, -0.2) is 47.4 Å². The lowest BCUT2D eigenvalue weighted by atomic mass is 10.1. The molecule has 0 amide bonds. The van der Waals surface area contributed by atoms with Gasteiger partial charge in [-0.05, 0) is 26.2 Å². The first kappa shape index (κ1) is 15.4. The predicted molar refractivity (Wildman–Crippen MR) is 77.6 cm³/mol. The molecule has 1 atom stereocenters. The summed E-state index contributed by atoms with van der Waals surface area (Å²) in [5.41, 5.74) is 7.56. The maximum Gasteiger partial charge on any atom is 0.161 e. The Kier molecular flexibility index (Phi) is 4.87. The number of likely N-dealkylation sites (N-methyl/N-ethyl adjacent to an activating group) is 1. The summed E-state index contributed by atoms with van der Waals surface area (Å²) in [4.78, 5) is 6.09. The average Bonchev–Trinajstić information content (AvgIpc) is 2.88. The van der Waals surface area contributed by atoms with E-state index in [4.69, 9.17) is 10.5 Å². The Labute approximate surface area is 123 Å². The van der Waals surface area contributed by atoms with Crippen molar-refractivity contribution in [3.05, 3.63) is 41.7 Å². The van der Waals surface area contributed by atoms with E-state index in [1.165, 1.54) is 6.07 Å². The number of hydrogen-bond acceptors (Lipinski definition) is 5. The standard InChI is InChI=1S/C14H20FN5O/c1-19(2)6-7-20-14(12(21-3)9-18-20)13(16)11-5-4-10(15)8-17-11/h4-5,8-9,13H,6-7,16H2,1-3H3. The molecule has 0 radical (unpaired) electrons. The zero-order valence-electron chi connectivity index (χ0n) is 12.5. The van der Waals surface area contributed by atoms with E-state index in [9.17, 15) is 4.39 Å². The highest BCUT2D eigenvalue weighted by molar-refractivity contribution is 5.33. The number of rotatable bonds is 6. The second-order valence-electron chi connectivity index (χ2n) is 5.00. The van der Waals surface area contributed by atoms with Gasteiger partial charge in [-0.15, -0.1) is 0 Å². The molecule has 0 spiro atoms. The van der Waals surface area contributed by atoms with E-state index >= 15 is 0 Å². The van der Waals surface area contributed by atoms with Gasteiger partial charge in [0.05, 0.1) is 37.8 Å². The van der Waals surface area contributed by atoms with E-state index in [0.29, 0.717) is 18.0 Å². The van der Waals surface area contributed by atoms with Crippen LogP contribution in [0.15, 0.2) is 24.5 Å². The lowest BCUT2D eigenvalue weighted by molar-refractivity contribution is 0.363. The Morgan fingerprint density at radius 1 is 1.38 bits per heavy atom. The van der Waals surface area contributed by atoms with Crippen LogP contribution in [0.3, 0.4) is 0 Å². The van der Waals surface area contributed by atoms with E-state index in [-0.39, 0.29) is 5.82 Å². The summed E-state index contributed by atoms with van der Waals surface area (Å²) in [5, 5.41) is 4.31. The van der Waals surface area contributed by atoms with Crippen LogP contribution in [-0.2, 0) is 6.54 Å². The summed E-state index contributed by atoms with van der Waals surface area (Å²) in [5.74, 6) is 0.214. The maximum absolute atomic E-state index is 13.0. The largest absolute Gasteiger partial charge is 0.493 e. The van der Waals surface area contributed by atoms with Crippen LogP contribution in [0.5, 0.6) is 5.75 Å². The predicted octanol–water partition coefficient (Wildman–Crippen LogP) is 1.04. The van der Waals surface area contributed by atoms with Gasteiger partial charge in [0.1, 0.15) is 11.5 Å². The molecule has 2 aromatic heterocycles. The zero-order chi connectivity index (χ0) is 15.4. The normalized spacial score (nSPS) is 12.7. The van der Waals surface area contributed by atoms with Crippen LogP contribution in [0.4, 0.5) is 4.39 Å². The van der Waals surface area contributed by atoms with Gasteiger partial charge in [-0.25, -0.2) is 4.39 Å². The second kappa shape index (κ2) is 6.64. The van der Waals surface area contributed by atoms with Gasteiger partial charge in [0.15, 0.2) is 5.75 Å². The van der Waals surface area contributed by atoms with Crippen molar-refractivity contribution in [2.45, 2.75) is 12.6 Å². The summed E-state index contributed by atoms with van der Waals surface area (Å²) in [6, 6.07) is 2.39. The van der Waals surface area contributed by atoms with Crippen molar-refractivity contribution in [3.8, 4) is 5.75 Å². The molecule has 0 saturated heterocycles. The van der Waals surface area contributed by atoms with E-state index in [2.05, 4.69) is 15.0 Å². The SMILES string of the molecule is COc1cnn(CCN(C)C)c1C(N)c1ccc(F)cn1. The number of halogens is 1. The van der Waals surface area contributed by atoms with Crippen molar-refractivity contribution in [1.29, 1.82) is 0 Å². The topological polar surface area (TPSA) is 69.2 Å². The molecule has 0 aliphatic rings. The molecular formula is C14H20FN5O. The molecule has 2 N–H and O–H groups in total. The first-order valence-electron chi connectivity index (χ1n) is 6.64. The molecule has 0 fully saturated rings. The van der Waals surface area contributed by atoms with Gasteiger partial charge in [-0.3, -0.25) is 9.67 Å². The van der Waals surface area contributed by atoms with Gasteiger partial charge >= 0.3 is 0 Å². The molecule has 0 bridgehead atoms. The fourth-order valence-electron chi connectivity index (χ4n) is 2.03.